The average molecular weight is 241 g/mol. The van der Waals surface area contributed by atoms with Gasteiger partial charge in [0.15, 0.2) is 0 Å². The Labute approximate surface area is 105 Å². The Kier molecular flexibility index (Phi) is 4.20. The van der Waals surface area contributed by atoms with Crippen molar-refractivity contribution in [1.29, 1.82) is 0 Å². The van der Waals surface area contributed by atoms with Crippen molar-refractivity contribution < 1.29 is 4.79 Å². The molecule has 0 aromatic heterocycles. The van der Waals surface area contributed by atoms with Gasteiger partial charge < -0.3 is 11.1 Å². The van der Waals surface area contributed by atoms with Crippen molar-refractivity contribution in [2.75, 3.05) is 13.1 Å². The maximum absolute atomic E-state index is 11.7. The summed E-state index contributed by atoms with van der Waals surface area (Å²) in [7, 11) is 0. The van der Waals surface area contributed by atoms with E-state index in [1.165, 1.54) is 12.8 Å². The summed E-state index contributed by atoms with van der Waals surface area (Å²) >= 11 is 0. The second-order valence-corrected chi connectivity index (χ2v) is 6.33. The quantitative estimate of drug-likeness (QED) is 0.758. The molecule has 1 aliphatic rings. The van der Waals surface area contributed by atoms with E-state index in [-0.39, 0.29) is 17.5 Å². The molecule has 1 unspecified atom stereocenters. The lowest BCUT2D eigenvalue weighted by atomic mass is 9.95. The minimum absolute atomic E-state index is 0.176. The van der Waals surface area contributed by atoms with Crippen LogP contribution in [0.1, 0.15) is 47.5 Å². The molecule has 1 heterocycles. The fourth-order valence-corrected chi connectivity index (χ4v) is 2.67. The number of carbonyl (C=O) groups is 1. The van der Waals surface area contributed by atoms with Gasteiger partial charge in [-0.25, -0.2) is 0 Å². The van der Waals surface area contributed by atoms with Gasteiger partial charge in [0.25, 0.3) is 0 Å². The van der Waals surface area contributed by atoms with Crippen molar-refractivity contribution in [2.24, 2.45) is 5.73 Å². The normalized spacial score (nSPS) is 23.9. The lowest BCUT2D eigenvalue weighted by Crippen LogP contribution is -2.62. The summed E-state index contributed by atoms with van der Waals surface area (Å²) in [4.78, 5) is 14.1. The fraction of sp³-hybridized carbons (Fsp3) is 0.923. The number of hydrogen-bond acceptors (Lipinski definition) is 3. The summed E-state index contributed by atoms with van der Waals surface area (Å²) in [5, 5.41) is 3.30. The van der Waals surface area contributed by atoms with Gasteiger partial charge in [-0.1, -0.05) is 0 Å². The molecule has 1 rings (SSSR count). The first kappa shape index (κ1) is 14.5. The molecule has 0 bridgehead atoms. The molecule has 0 aromatic rings. The Bertz CT molecular complexity index is 288. The SMILES string of the molecule is CC(C)NC(C)(CN1CCCC1(C)C)C(N)=O. The Hall–Kier alpha value is -0.610. The van der Waals surface area contributed by atoms with Crippen LogP contribution < -0.4 is 11.1 Å². The number of rotatable bonds is 5. The maximum atomic E-state index is 11.7. The first-order valence-electron chi connectivity index (χ1n) is 6.50. The highest BCUT2D eigenvalue weighted by Crippen LogP contribution is 2.29. The predicted molar refractivity (Wildman–Crippen MR) is 70.8 cm³/mol. The fourth-order valence-electron chi connectivity index (χ4n) is 2.67. The second-order valence-electron chi connectivity index (χ2n) is 6.33. The third kappa shape index (κ3) is 3.42. The van der Waals surface area contributed by atoms with Crippen molar-refractivity contribution in [3.63, 3.8) is 0 Å². The Balaban J connectivity index is 2.77. The third-order valence-electron chi connectivity index (χ3n) is 3.73. The number of nitrogens with one attached hydrogen (secondary N) is 1. The van der Waals surface area contributed by atoms with Gasteiger partial charge in [0.1, 0.15) is 5.54 Å². The molecule has 100 valence electrons. The first-order chi connectivity index (χ1) is 7.67. The van der Waals surface area contributed by atoms with Gasteiger partial charge >= 0.3 is 0 Å². The molecule has 0 aromatic carbocycles. The van der Waals surface area contributed by atoms with Gasteiger partial charge in [-0.3, -0.25) is 9.69 Å². The van der Waals surface area contributed by atoms with Crippen LogP contribution in [0.2, 0.25) is 0 Å². The van der Waals surface area contributed by atoms with E-state index >= 15 is 0 Å². The summed E-state index contributed by atoms with van der Waals surface area (Å²) in [5.74, 6) is -0.270. The minimum Gasteiger partial charge on any atom is -0.368 e. The largest absolute Gasteiger partial charge is 0.368 e. The van der Waals surface area contributed by atoms with E-state index in [1.54, 1.807) is 0 Å². The van der Waals surface area contributed by atoms with E-state index in [2.05, 4.69) is 24.1 Å². The van der Waals surface area contributed by atoms with Crippen molar-refractivity contribution in [2.45, 2.75) is 64.6 Å². The number of nitrogens with zero attached hydrogens (tertiary/aromatic N) is 1. The topological polar surface area (TPSA) is 58.4 Å². The van der Waals surface area contributed by atoms with Gasteiger partial charge in [-0.15, -0.1) is 0 Å². The standard InChI is InChI=1S/C13H27N3O/c1-10(2)15-13(5,11(14)17)9-16-8-6-7-12(16,3)4/h10,15H,6-9H2,1-5H3,(H2,14,17). The molecule has 0 radical (unpaired) electrons. The lowest BCUT2D eigenvalue weighted by molar-refractivity contribution is -0.125. The van der Waals surface area contributed by atoms with Crippen LogP contribution >= 0.6 is 0 Å². The minimum atomic E-state index is -0.643. The molecule has 4 heteroatoms. The molecule has 1 aliphatic heterocycles. The zero-order valence-electron chi connectivity index (χ0n) is 11.8. The molecule has 1 amide bonds. The van der Waals surface area contributed by atoms with Crippen LogP contribution in [-0.2, 0) is 4.79 Å². The molecule has 0 aliphatic carbocycles. The molecule has 1 atom stereocenters. The van der Waals surface area contributed by atoms with Crippen LogP contribution in [0.25, 0.3) is 0 Å². The number of likely N-dealkylation sites (tertiary alicyclic amines) is 1. The Morgan fingerprint density at radius 1 is 1.53 bits per heavy atom. The zero-order chi connectivity index (χ0) is 13.3. The highest BCUT2D eigenvalue weighted by atomic mass is 16.1. The molecular weight excluding hydrogens is 214 g/mol. The Morgan fingerprint density at radius 2 is 2.12 bits per heavy atom. The molecule has 4 nitrogen and oxygen atoms in total. The molecule has 0 spiro atoms. The molecule has 17 heavy (non-hydrogen) atoms. The summed E-state index contributed by atoms with van der Waals surface area (Å²) in [6, 6.07) is 0.248. The van der Waals surface area contributed by atoms with Crippen LogP contribution in [-0.4, -0.2) is 41.0 Å². The molecular formula is C13H27N3O. The van der Waals surface area contributed by atoms with Gasteiger partial charge in [0.2, 0.25) is 5.91 Å². The van der Waals surface area contributed by atoms with E-state index in [4.69, 9.17) is 5.73 Å². The van der Waals surface area contributed by atoms with Crippen LogP contribution in [0.5, 0.6) is 0 Å². The van der Waals surface area contributed by atoms with Gasteiger partial charge in [0, 0.05) is 18.1 Å². The third-order valence-corrected chi connectivity index (χ3v) is 3.73. The number of amides is 1. The van der Waals surface area contributed by atoms with E-state index < -0.39 is 5.54 Å². The number of carbonyl (C=O) groups excluding carboxylic acids is 1. The number of hydrogen-bond donors (Lipinski definition) is 2. The van der Waals surface area contributed by atoms with Crippen molar-refractivity contribution in [3.8, 4) is 0 Å². The summed E-state index contributed by atoms with van der Waals surface area (Å²) in [6.45, 7) is 12.2. The highest BCUT2D eigenvalue weighted by Gasteiger charge is 2.40. The van der Waals surface area contributed by atoms with E-state index in [1.807, 2.05) is 20.8 Å². The van der Waals surface area contributed by atoms with Crippen LogP contribution in [0.3, 0.4) is 0 Å². The van der Waals surface area contributed by atoms with Gasteiger partial charge in [-0.2, -0.15) is 0 Å². The van der Waals surface area contributed by atoms with E-state index in [0.29, 0.717) is 6.54 Å². The first-order valence-corrected chi connectivity index (χ1v) is 6.50. The van der Waals surface area contributed by atoms with Crippen LogP contribution in [0, 0.1) is 0 Å². The number of nitrogens with two attached hydrogens (primary N) is 1. The maximum Gasteiger partial charge on any atom is 0.238 e. The molecule has 0 saturated carbocycles. The van der Waals surface area contributed by atoms with Crippen molar-refractivity contribution in [1.82, 2.24) is 10.2 Å². The van der Waals surface area contributed by atoms with Crippen LogP contribution in [0.4, 0.5) is 0 Å². The van der Waals surface area contributed by atoms with Gasteiger partial charge in [0.05, 0.1) is 0 Å². The van der Waals surface area contributed by atoms with E-state index in [0.717, 1.165) is 6.54 Å². The summed E-state index contributed by atoms with van der Waals surface area (Å²) in [5.41, 5.74) is 5.09. The predicted octanol–water partition coefficient (Wildman–Crippen LogP) is 1.10. The van der Waals surface area contributed by atoms with Crippen molar-refractivity contribution in [3.05, 3.63) is 0 Å². The van der Waals surface area contributed by atoms with Crippen LogP contribution in [0.15, 0.2) is 0 Å². The monoisotopic (exact) mass is 241 g/mol. The molecule has 1 saturated heterocycles. The smallest absolute Gasteiger partial charge is 0.238 e. The zero-order valence-corrected chi connectivity index (χ0v) is 11.8. The summed E-state index contributed by atoms with van der Waals surface area (Å²) in [6.07, 6.45) is 2.38. The second kappa shape index (κ2) is 4.94. The van der Waals surface area contributed by atoms with Crippen molar-refractivity contribution >= 4 is 5.91 Å². The molecule has 1 fully saturated rings. The van der Waals surface area contributed by atoms with Gasteiger partial charge in [-0.05, 0) is 54.0 Å². The lowest BCUT2D eigenvalue weighted by Gasteiger charge is -2.39. The number of primary amides is 1. The average Bonchev–Trinajstić information content (AvgIpc) is 2.44. The Morgan fingerprint density at radius 3 is 2.47 bits per heavy atom. The summed E-state index contributed by atoms with van der Waals surface area (Å²) < 4.78 is 0. The highest BCUT2D eigenvalue weighted by molar-refractivity contribution is 5.84. The van der Waals surface area contributed by atoms with E-state index in [9.17, 15) is 4.79 Å². The molecule has 3 N–H and O–H groups in total.